The molecule has 0 unspecified atom stereocenters. The number of hydrogen-bond donors (Lipinski definition) is 6. The molecule has 0 aliphatic carbocycles. The monoisotopic (exact) mass is 621 g/mol. The number of amides is 1. The molecule has 1 amide bonds. The summed E-state index contributed by atoms with van der Waals surface area (Å²) in [6.07, 6.45) is 1.79. The van der Waals surface area contributed by atoms with Gasteiger partial charge < -0.3 is 31.5 Å². The van der Waals surface area contributed by atoms with Crippen LogP contribution in [-0.2, 0) is 27.1 Å². The van der Waals surface area contributed by atoms with Gasteiger partial charge in [0.1, 0.15) is 23.6 Å². The predicted molar refractivity (Wildman–Crippen MR) is 165 cm³/mol. The summed E-state index contributed by atoms with van der Waals surface area (Å²) in [6, 6.07) is 14.5. The Morgan fingerprint density at radius 3 is 2.45 bits per heavy atom. The Bertz CT molecular complexity index is 1840. The van der Waals surface area contributed by atoms with Crippen LogP contribution >= 0.6 is 0 Å². The van der Waals surface area contributed by atoms with Gasteiger partial charge in [-0.25, -0.2) is 13.4 Å². The van der Waals surface area contributed by atoms with Gasteiger partial charge in [0.15, 0.2) is 11.5 Å². The minimum absolute atomic E-state index is 0.114. The van der Waals surface area contributed by atoms with Gasteiger partial charge in [-0.3, -0.25) is 29.5 Å². The van der Waals surface area contributed by atoms with Crippen molar-refractivity contribution in [1.82, 2.24) is 14.9 Å². The number of para-hydroxylation sites is 2. The highest BCUT2D eigenvalue weighted by atomic mass is 32.2. The number of fused-ring (bicyclic) bond motifs is 1. The van der Waals surface area contributed by atoms with E-state index in [2.05, 4.69) is 20.0 Å². The molecule has 16 heteroatoms. The Morgan fingerprint density at radius 1 is 1.05 bits per heavy atom. The number of anilines is 1. The Labute approximate surface area is 251 Å². The first-order valence-corrected chi connectivity index (χ1v) is 14.9. The number of guanidine groups is 1. The average Bonchev–Trinajstić information content (AvgIpc) is 3.41. The van der Waals surface area contributed by atoms with Crippen molar-refractivity contribution in [2.24, 2.45) is 22.2 Å². The van der Waals surface area contributed by atoms with Gasteiger partial charge in [0.2, 0.25) is 21.7 Å². The zero-order valence-electron chi connectivity index (χ0n) is 23.4. The van der Waals surface area contributed by atoms with Crippen molar-refractivity contribution in [3.05, 3.63) is 94.2 Å². The summed E-state index contributed by atoms with van der Waals surface area (Å²) in [6.45, 7) is -0.301. The number of nitrogens with two attached hydrogens (primary N) is 3. The van der Waals surface area contributed by atoms with Crippen molar-refractivity contribution in [1.29, 1.82) is 5.41 Å². The molecule has 2 heterocycles. The van der Waals surface area contributed by atoms with Crippen LogP contribution in [0.2, 0.25) is 0 Å². The Balaban J connectivity index is 1.46. The SMILES string of the molecule is N=C(N)c1ccc(CS(=O)(=O)Nc2cccn(CC(=O)N[C@@H](CCCN=C(N)N)C(=O)c3nc4ccccc4o3)c2=O)cc1. The number of ketones is 1. The molecule has 44 heavy (non-hydrogen) atoms. The van der Waals surface area contributed by atoms with Crippen LogP contribution in [0.15, 0.2) is 81.1 Å². The molecule has 0 bridgehead atoms. The number of pyridine rings is 1. The van der Waals surface area contributed by atoms with E-state index in [9.17, 15) is 22.8 Å². The van der Waals surface area contributed by atoms with Crippen LogP contribution in [0.25, 0.3) is 11.1 Å². The van der Waals surface area contributed by atoms with Crippen molar-refractivity contribution in [2.75, 3.05) is 11.3 Å². The fraction of sp³-hybridized carbons (Fsp3) is 0.214. The van der Waals surface area contributed by atoms with Gasteiger partial charge in [-0.1, -0.05) is 36.4 Å². The third kappa shape index (κ3) is 8.28. The molecule has 0 saturated carbocycles. The molecule has 2 aromatic carbocycles. The van der Waals surface area contributed by atoms with Crippen molar-refractivity contribution in [3.63, 3.8) is 0 Å². The van der Waals surface area contributed by atoms with Crippen molar-refractivity contribution >= 4 is 50.3 Å². The summed E-state index contributed by atoms with van der Waals surface area (Å²) in [4.78, 5) is 47.5. The minimum Gasteiger partial charge on any atom is -0.434 e. The predicted octanol–water partition coefficient (Wildman–Crippen LogP) is 0.637. The highest BCUT2D eigenvalue weighted by molar-refractivity contribution is 7.91. The van der Waals surface area contributed by atoms with Crippen LogP contribution < -0.4 is 32.8 Å². The summed E-state index contributed by atoms with van der Waals surface area (Å²) in [5.74, 6) is -2.17. The van der Waals surface area contributed by atoms with E-state index in [0.717, 1.165) is 4.57 Å². The summed E-state index contributed by atoms with van der Waals surface area (Å²) in [7, 11) is -4.02. The van der Waals surface area contributed by atoms with Gasteiger partial charge >= 0.3 is 0 Å². The van der Waals surface area contributed by atoms with E-state index in [1.54, 1.807) is 24.3 Å². The van der Waals surface area contributed by atoms with Crippen molar-refractivity contribution in [2.45, 2.75) is 31.2 Å². The van der Waals surface area contributed by atoms with E-state index in [-0.39, 0.29) is 36.3 Å². The minimum atomic E-state index is -4.02. The molecule has 0 saturated heterocycles. The quantitative estimate of drug-likeness (QED) is 0.0495. The number of nitrogens with one attached hydrogen (secondary N) is 3. The maximum absolute atomic E-state index is 13.3. The summed E-state index contributed by atoms with van der Waals surface area (Å²) >= 11 is 0. The fourth-order valence-electron chi connectivity index (χ4n) is 4.24. The summed E-state index contributed by atoms with van der Waals surface area (Å²) in [5.41, 5.74) is 16.9. The summed E-state index contributed by atoms with van der Waals surface area (Å²) < 4.78 is 34.4. The molecule has 230 valence electrons. The number of Topliss-reactive ketones (excluding diaryl/α,β-unsaturated/α-hetero) is 1. The van der Waals surface area contributed by atoms with E-state index < -0.39 is 45.6 Å². The Morgan fingerprint density at radius 2 is 1.77 bits per heavy atom. The standard InChI is InChI=1S/C28H31N9O6S/c29-25(30)18-11-9-17(10-12-18)16-44(41,42)36-21-7-4-14-37(27(21)40)15-23(38)34-20(6-3-13-33-28(31)32)24(39)26-35-19-5-1-2-8-22(19)43-26/h1-2,4-5,7-12,14,20,36H,3,6,13,15-16H2,(H3,29,30)(H,34,38)(H4,31,32,33)/t20-/m0/s1. The maximum atomic E-state index is 13.3. The van der Waals surface area contributed by atoms with E-state index in [4.69, 9.17) is 27.0 Å². The maximum Gasteiger partial charge on any atom is 0.275 e. The Hall–Kier alpha value is -5.51. The number of carbonyl (C=O) groups is 2. The number of benzene rings is 2. The number of nitrogens with zero attached hydrogens (tertiary/aromatic N) is 3. The van der Waals surface area contributed by atoms with E-state index >= 15 is 0 Å². The molecule has 4 rings (SSSR count). The lowest BCUT2D eigenvalue weighted by Gasteiger charge is -2.17. The molecule has 2 aromatic heterocycles. The number of nitrogen functional groups attached to an aromatic ring is 1. The van der Waals surface area contributed by atoms with Crippen LogP contribution in [0.3, 0.4) is 0 Å². The lowest BCUT2D eigenvalue weighted by molar-refractivity contribution is -0.122. The molecule has 9 N–H and O–H groups in total. The normalized spacial score (nSPS) is 11.9. The topological polar surface area (TPSA) is 255 Å². The lowest BCUT2D eigenvalue weighted by atomic mass is 10.1. The molecule has 0 fully saturated rings. The van der Waals surface area contributed by atoms with Gasteiger partial charge in [0.05, 0.1) is 11.8 Å². The highest BCUT2D eigenvalue weighted by Gasteiger charge is 2.27. The van der Waals surface area contributed by atoms with Crippen LogP contribution in [0.5, 0.6) is 0 Å². The zero-order valence-corrected chi connectivity index (χ0v) is 24.2. The number of amidine groups is 1. The van der Waals surface area contributed by atoms with E-state index in [1.807, 2.05) is 0 Å². The molecular formula is C28H31N9O6S. The number of aliphatic imine (C=N–C) groups is 1. The smallest absolute Gasteiger partial charge is 0.275 e. The van der Waals surface area contributed by atoms with E-state index in [0.29, 0.717) is 28.6 Å². The first-order chi connectivity index (χ1) is 20.9. The van der Waals surface area contributed by atoms with Crippen LogP contribution in [0.4, 0.5) is 5.69 Å². The van der Waals surface area contributed by atoms with E-state index in [1.165, 1.54) is 42.6 Å². The summed E-state index contributed by atoms with van der Waals surface area (Å²) in [5, 5.41) is 10.1. The third-order valence-electron chi connectivity index (χ3n) is 6.32. The second-order valence-electron chi connectivity index (χ2n) is 9.75. The molecular weight excluding hydrogens is 590 g/mol. The first kappa shape index (κ1) is 31.4. The highest BCUT2D eigenvalue weighted by Crippen LogP contribution is 2.17. The molecule has 1 atom stereocenters. The second kappa shape index (κ2) is 13.6. The van der Waals surface area contributed by atoms with Crippen molar-refractivity contribution in [3.8, 4) is 0 Å². The molecule has 4 aromatic rings. The second-order valence-corrected chi connectivity index (χ2v) is 11.5. The lowest BCUT2D eigenvalue weighted by Crippen LogP contribution is -2.43. The number of sulfonamides is 1. The van der Waals surface area contributed by atoms with Gasteiger partial charge in [-0.2, -0.15) is 0 Å². The number of oxazole rings is 1. The molecule has 15 nitrogen and oxygen atoms in total. The molecule has 0 aliphatic rings. The van der Waals surface area contributed by atoms with Gasteiger partial charge in [0.25, 0.3) is 11.4 Å². The van der Waals surface area contributed by atoms with Gasteiger partial charge in [-0.15, -0.1) is 0 Å². The molecule has 0 spiro atoms. The zero-order chi connectivity index (χ0) is 31.9. The molecule has 0 radical (unpaired) electrons. The average molecular weight is 622 g/mol. The first-order valence-electron chi connectivity index (χ1n) is 13.3. The van der Waals surface area contributed by atoms with Crippen molar-refractivity contribution < 1.29 is 22.4 Å². The third-order valence-corrected chi connectivity index (χ3v) is 7.57. The van der Waals surface area contributed by atoms with Gasteiger partial charge in [0, 0.05) is 18.3 Å². The largest absolute Gasteiger partial charge is 0.434 e. The number of carbonyl (C=O) groups excluding carboxylic acids is 2. The van der Waals surface area contributed by atoms with Crippen LogP contribution in [0, 0.1) is 5.41 Å². The number of hydrogen-bond acceptors (Lipinski definition) is 9. The van der Waals surface area contributed by atoms with Gasteiger partial charge in [-0.05, 0) is 42.7 Å². The molecule has 0 aliphatic heterocycles. The number of rotatable bonds is 14. The van der Waals surface area contributed by atoms with Crippen LogP contribution in [0.1, 0.15) is 34.7 Å². The fourth-order valence-corrected chi connectivity index (χ4v) is 5.43. The Kier molecular flexibility index (Phi) is 9.74. The van der Waals surface area contributed by atoms with Crippen LogP contribution in [-0.4, -0.2) is 54.0 Å². The number of aromatic nitrogens is 2.